The van der Waals surface area contributed by atoms with Crippen LogP contribution in [-0.2, 0) is 14.2 Å². The first-order valence-electron chi connectivity index (χ1n) is 7.68. The molecule has 1 amide bonds. The molecular weight excluding hydrogens is 300 g/mol. The van der Waals surface area contributed by atoms with Gasteiger partial charge in [0.05, 0.1) is 0 Å². The number of nitrogens with zero attached hydrogens (tertiary/aromatic N) is 3. The standard InChI is InChI=1S/C15H26N4O4/c1-15(2,3)23-14(20)19-8-6-18(7-9-19)12-10-11(16-17-12)13(21-4)22-5/h10,13H,6-9H2,1-5H3,(H,16,17). The average Bonchev–Trinajstić information content (AvgIpc) is 2.97. The first-order valence-corrected chi connectivity index (χ1v) is 7.68. The highest BCUT2D eigenvalue weighted by Crippen LogP contribution is 2.21. The molecule has 1 aromatic rings. The summed E-state index contributed by atoms with van der Waals surface area (Å²) < 4.78 is 15.8. The summed E-state index contributed by atoms with van der Waals surface area (Å²) in [6, 6.07) is 1.90. The van der Waals surface area contributed by atoms with E-state index in [1.54, 1.807) is 19.1 Å². The summed E-state index contributed by atoms with van der Waals surface area (Å²) in [5.41, 5.74) is 0.224. The van der Waals surface area contributed by atoms with E-state index in [9.17, 15) is 4.79 Å². The number of carbonyl (C=O) groups excluding carboxylic acids is 1. The Morgan fingerprint density at radius 3 is 2.35 bits per heavy atom. The van der Waals surface area contributed by atoms with Crippen LogP contribution in [0.25, 0.3) is 0 Å². The number of aromatic amines is 1. The molecular formula is C15H26N4O4. The maximum Gasteiger partial charge on any atom is 0.410 e. The van der Waals surface area contributed by atoms with Crippen molar-refractivity contribution in [3.8, 4) is 0 Å². The molecule has 0 bridgehead atoms. The van der Waals surface area contributed by atoms with E-state index in [0.29, 0.717) is 31.9 Å². The van der Waals surface area contributed by atoms with E-state index in [0.717, 1.165) is 5.82 Å². The second-order valence-electron chi connectivity index (χ2n) is 6.44. The Labute approximate surface area is 136 Å². The number of nitrogens with one attached hydrogen (secondary N) is 1. The van der Waals surface area contributed by atoms with Gasteiger partial charge in [0, 0.05) is 46.5 Å². The minimum atomic E-state index is -0.483. The highest BCUT2D eigenvalue weighted by Gasteiger charge is 2.27. The van der Waals surface area contributed by atoms with E-state index >= 15 is 0 Å². The van der Waals surface area contributed by atoms with Gasteiger partial charge in [0.15, 0.2) is 0 Å². The number of ether oxygens (including phenoxy) is 3. The van der Waals surface area contributed by atoms with Gasteiger partial charge < -0.3 is 24.0 Å². The number of H-pyrrole nitrogens is 1. The number of amides is 1. The molecule has 8 nitrogen and oxygen atoms in total. The van der Waals surface area contributed by atoms with E-state index in [1.165, 1.54) is 0 Å². The molecule has 0 aliphatic carbocycles. The predicted octanol–water partition coefficient (Wildman–Crippen LogP) is 1.76. The summed E-state index contributed by atoms with van der Waals surface area (Å²) in [7, 11) is 3.14. The van der Waals surface area contributed by atoms with Crippen LogP contribution in [0.1, 0.15) is 32.8 Å². The number of hydrogen-bond donors (Lipinski definition) is 1. The summed E-state index contributed by atoms with van der Waals surface area (Å²) in [4.78, 5) is 15.9. The molecule has 0 spiro atoms. The fraction of sp³-hybridized carbons (Fsp3) is 0.733. The van der Waals surface area contributed by atoms with Gasteiger partial charge in [-0.2, -0.15) is 5.10 Å². The molecule has 1 aromatic heterocycles. The Bertz CT molecular complexity index is 514. The normalized spacial score (nSPS) is 16.1. The van der Waals surface area contributed by atoms with Gasteiger partial charge in [-0.25, -0.2) is 4.79 Å². The van der Waals surface area contributed by atoms with Crippen LogP contribution >= 0.6 is 0 Å². The molecule has 23 heavy (non-hydrogen) atoms. The van der Waals surface area contributed by atoms with E-state index < -0.39 is 11.9 Å². The van der Waals surface area contributed by atoms with Crippen molar-refractivity contribution >= 4 is 11.9 Å². The minimum absolute atomic E-state index is 0.263. The van der Waals surface area contributed by atoms with Gasteiger partial charge >= 0.3 is 6.09 Å². The molecule has 2 heterocycles. The number of aromatic nitrogens is 2. The monoisotopic (exact) mass is 326 g/mol. The summed E-state index contributed by atoms with van der Waals surface area (Å²) in [5.74, 6) is 0.892. The van der Waals surface area contributed by atoms with Gasteiger partial charge in [-0.05, 0) is 20.8 Å². The third-order valence-corrected chi connectivity index (χ3v) is 3.53. The van der Waals surface area contributed by atoms with Crippen molar-refractivity contribution in [3.63, 3.8) is 0 Å². The Morgan fingerprint density at radius 2 is 1.83 bits per heavy atom. The van der Waals surface area contributed by atoms with Gasteiger partial charge in [0.25, 0.3) is 0 Å². The largest absolute Gasteiger partial charge is 0.444 e. The summed E-state index contributed by atoms with van der Waals surface area (Å²) in [5, 5.41) is 7.20. The first-order chi connectivity index (χ1) is 10.8. The van der Waals surface area contributed by atoms with Crippen LogP contribution in [0.15, 0.2) is 6.07 Å². The van der Waals surface area contributed by atoms with Crippen molar-refractivity contribution in [2.75, 3.05) is 45.3 Å². The summed E-state index contributed by atoms with van der Waals surface area (Å²) in [6.45, 7) is 8.26. The second kappa shape index (κ2) is 7.18. The Balaban J connectivity index is 1.91. The molecule has 1 aliphatic rings. The third-order valence-electron chi connectivity index (χ3n) is 3.53. The number of anilines is 1. The predicted molar refractivity (Wildman–Crippen MR) is 85.4 cm³/mol. The van der Waals surface area contributed by atoms with Crippen LogP contribution in [0.3, 0.4) is 0 Å². The lowest BCUT2D eigenvalue weighted by Gasteiger charge is -2.35. The molecule has 0 atom stereocenters. The lowest BCUT2D eigenvalue weighted by atomic mass is 10.2. The minimum Gasteiger partial charge on any atom is -0.444 e. The van der Waals surface area contributed by atoms with Gasteiger partial charge in [-0.1, -0.05) is 0 Å². The highest BCUT2D eigenvalue weighted by molar-refractivity contribution is 5.68. The number of hydrogen-bond acceptors (Lipinski definition) is 6. The van der Waals surface area contributed by atoms with Gasteiger partial charge in [-0.15, -0.1) is 0 Å². The highest BCUT2D eigenvalue weighted by atomic mass is 16.7. The maximum atomic E-state index is 12.1. The van der Waals surface area contributed by atoms with E-state index in [-0.39, 0.29) is 6.09 Å². The van der Waals surface area contributed by atoms with Crippen LogP contribution in [0.2, 0.25) is 0 Å². The lowest BCUT2D eigenvalue weighted by molar-refractivity contribution is -0.108. The molecule has 130 valence electrons. The van der Waals surface area contributed by atoms with Crippen LogP contribution in [0.5, 0.6) is 0 Å². The number of piperazine rings is 1. The molecule has 1 aliphatic heterocycles. The van der Waals surface area contributed by atoms with Crippen molar-refractivity contribution in [1.29, 1.82) is 0 Å². The fourth-order valence-electron chi connectivity index (χ4n) is 2.40. The number of rotatable bonds is 4. The summed E-state index contributed by atoms with van der Waals surface area (Å²) >= 11 is 0. The zero-order valence-electron chi connectivity index (χ0n) is 14.5. The molecule has 0 radical (unpaired) electrons. The van der Waals surface area contributed by atoms with Crippen LogP contribution in [-0.4, -0.2) is 67.2 Å². The van der Waals surface area contributed by atoms with Gasteiger partial charge in [0.2, 0.25) is 6.29 Å². The third kappa shape index (κ3) is 4.59. The maximum absolute atomic E-state index is 12.1. The van der Waals surface area contributed by atoms with Crippen LogP contribution in [0, 0.1) is 0 Å². The smallest absolute Gasteiger partial charge is 0.410 e. The molecule has 0 unspecified atom stereocenters. The molecule has 1 saturated heterocycles. The molecule has 1 N–H and O–H groups in total. The second-order valence-corrected chi connectivity index (χ2v) is 6.44. The average molecular weight is 326 g/mol. The van der Waals surface area contributed by atoms with Gasteiger partial charge in [0.1, 0.15) is 17.1 Å². The summed E-state index contributed by atoms with van der Waals surface area (Å²) in [6.07, 6.45) is -0.746. The van der Waals surface area contributed by atoms with Gasteiger partial charge in [-0.3, -0.25) is 5.10 Å². The van der Waals surface area contributed by atoms with Crippen molar-refractivity contribution in [1.82, 2.24) is 15.1 Å². The van der Waals surface area contributed by atoms with E-state index in [2.05, 4.69) is 15.1 Å². The molecule has 0 aromatic carbocycles. The first kappa shape index (κ1) is 17.6. The molecule has 2 rings (SSSR count). The lowest BCUT2D eigenvalue weighted by Crippen LogP contribution is -2.50. The molecule has 1 fully saturated rings. The fourth-order valence-corrected chi connectivity index (χ4v) is 2.40. The Kier molecular flexibility index (Phi) is 5.48. The van der Waals surface area contributed by atoms with Crippen LogP contribution in [0.4, 0.5) is 10.6 Å². The number of methoxy groups -OCH3 is 2. The quantitative estimate of drug-likeness (QED) is 0.849. The SMILES string of the molecule is COC(OC)c1cc(N2CCN(C(=O)OC(C)(C)C)CC2)[nH]n1. The van der Waals surface area contributed by atoms with Crippen molar-refractivity contribution in [3.05, 3.63) is 11.8 Å². The molecule has 8 heteroatoms. The van der Waals surface area contributed by atoms with E-state index in [4.69, 9.17) is 14.2 Å². The Hall–Kier alpha value is -1.80. The topological polar surface area (TPSA) is 79.9 Å². The van der Waals surface area contributed by atoms with Crippen molar-refractivity contribution < 1.29 is 19.0 Å². The van der Waals surface area contributed by atoms with E-state index in [1.807, 2.05) is 26.8 Å². The van der Waals surface area contributed by atoms with Crippen molar-refractivity contribution in [2.24, 2.45) is 0 Å². The molecule has 0 saturated carbocycles. The number of carbonyl (C=O) groups is 1. The van der Waals surface area contributed by atoms with Crippen LogP contribution < -0.4 is 4.90 Å². The zero-order valence-corrected chi connectivity index (χ0v) is 14.5. The Morgan fingerprint density at radius 1 is 1.22 bits per heavy atom. The van der Waals surface area contributed by atoms with Crippen molar-refractivity contribution in [2.45, 2.75) is 32.7 Å². The zero-order chi connectivity index (χ0) is 17.0.